The molecule has 1 N–H and O–H groups in total. The minimum absolute atomic E-state index is 0.249. The number of likely N-dealkylation sites (N-methyl/N-ethyl adjacent to an activating group) is 1. The van der Waals surface area contributed by atoms with Crippen LogP contribution >= 0.6 is 11.8 Å². The Bertz CT molecular complexity index is 331. The summed E-state index contributed by atoms with van der Waals surface area (Å²) in [4.78, 5) is 0. The molecule has 0 aromatic heterocycles. The molecule has 1 rings (SSSR count). The lowest BCUT2D eigenvalue weighted by molar-refractivity contribution is 0.571. The average molecular weight is 265 g/mol. The van der Waals surface area contributed by atoms with Crippen LogP contribution in [0.4, 0.5) is 0 Å². The molecule has 1 nitrogen and oxygen atoms in total. The van der Waals surface area contributed by atoms with Crippen LogP contribution in [0.5, 0.6) is 0 Å². The second kappa shape index (κ2) is 7.20. The zero-order valence-corrected chi connectivity index (χ0v) is 13.2. The fraction of sp³-hybridized carbons (Fsp3) is 0.625. The van der Waals surface area contributed by atoms with Crippen LogP contribution in [0.1, 0.15) is 38.8 Å². The van der Waals surface area contributed by atoms with Crippen LogP contribution in [0.15, 0.2) is 24.3 Å². The van der Waals surface area contributed by atoms with Gasteiger partial charge in [-0.2, -0.15) is 11.8 Å². The molecule has 0 aliphatic rings. The van der Waals surface area contributed by atoms with Gasteiger partial charge in [0, 0.05) is 11.8 Å². The lowest BCUT2D eigenvalue weighted by atomic mass is 9.86. The Morgan fingerprint density at radius 2 is 1.78 bits per heavy atom. The Kier molecular flexibility index (Phi) is 6.24. The Balaban J connectivity index is 2.67. The summed E-state index contributed by atoms with van der Waals surface area (Å²) in [6.07, 6.45) is 3.30. The molecule has 0 saturated carbocycles. The van der Waals surface area contributed by atoms with Gasteiger partial charge in [0.2, 0.25) is 0 Å². The smallest absolute Gasteiger partial charge is 0.0198 e. The molecule has 0 heterocycles. The van der Waals surface area contributed by atoms with Gasteiger partial charge in [-0.3, -0.25) is 0 Å². The first-order chi connectivity index (χ1) is 8.47. The van der Waals surface area contributed by atoms with Gasteiger partial charge in [-0.1, -0.05) is 52.0 Å². The Hall–Kier alpha value is -0.470. The van der Waals surface area contributed by atoms with Crippen molar-refractivity contribution in [1.82, 2.24) is 5.32 Å². The average Bonchev–Trinajstić information content (AvgIpc) is 2.29. The van der Waals surface area contributed by atoms with Crippen molar-refractivity contribution in [3.8, 4) is 0 Å². The predicted octanol–water partition coefficient (Wildman–Crippen LogP) is 3.87. The topological polar surface area (TPSA) is 12.0 Å². The highest BCUT2D eigenvalue weighted by Gasteiger charge is 2.13. The first kappa shape index (κ1) is 15.6. The molecule has 0 spiro atoms. The quantitative estimate of drug-likeness (QED) is 0.838. The Labute approximate surface area is 117 Å². The number of benzene rings is 1. The summed E-state index contributed by atoms with van der Waals surface area (Å²) in [6.45, 7) is 10.0. The second-order valence-electron chi connectivity index (χ2n) is 5.86. The summed E-state index contributed by atoms with van der Waals surface area (Å²) >= 11 is 1.91. The predicted molar refractivity (Wildman–Crippen MR) is 84.7 cm³/mol. The molecular formula is C16H27NS. The van der Waals surface area contributed by atoms with E-state index in [-0.39, 0.29) is 5.41 Å². The minimum Gasteiger partial charge on any atom is -0.313 e. The van der Waals surface area contributed by atoms with Gasteiger partial charge < -0.3 is 5.32 Å². The molecule has 102 valence electrons. The summed E-state index contributed by atoms with van der Waals surface area (Å²) < 4.78 is 0. The molecule has 1 aromatic carbocycles. The zero-order chi connectivity index (χ0) is 13.6. The summed E-state index contributed by atoms with van der Waals surface area (Å²) in [5.41, 5.74) is 3.10. The minimum atomic E-state index is 0.249. The molecular weight excluding hydrogens is 238 g/mol. The van der Waals surface area contributed by atoms with Gasteiger partial charge in [0.1, 0.15) is 0 Å². The molecule has 0 amide bonds. The lowest BCUT2D eigenvalue weighted by Crippen LogP contribution is -2.33. The highest BCUT2D eigenvalue weighted by molar-refractivity contribution is 7.98. The third kappa shape index (κ3) is 5.03. The van der Waals surface area contributed by atoms with Gasteiger partial charge in [-0.05, 0) is 35.8 Å². The van der Waals surface area contributed by atoms with E-state index in [1.807, 2.05) is 11.8 Å². The molecule has 0 aliphatic heterocycles. The van der Waals surface area contributed by atoms with Gasteiger partial charge in [-0.15, -0.1) is 0 Å². The van der Waals surface area contributed by atoms with Crippen LogP contribution in [-0.2, 0) is 11.8 Å². The van der Waals surface area contributed by atoms with Crippen LogP contribution in [0.3, 0.4) is 0 Å². The first-order valence-corrected chi connectivity index (χ1v) is 8.18. The molecule has 18 heavy (non-hydrogen) atoms. The van der Waals surface area contributed by atoms with Crippen molar-refractivity contribution < 1.29 is 0 Å². The van der Waals surface area contributed by atoms with Gasteiger partial charge >= 0.3 is 0 Å². The molecule has 0 radical (unpaired) electrons. The van der Waals surface area contributed by atoms with Gasteiger partial charge in [-0.25, -0.2) is 0 Å². The molecule has 0 fully saturated rings. The van der Waals surface area contributed by atoms with E-state index in [2.05, 4.69) is 63.5 Å². The van der Waals surface area contributed by atoms with Crippen molar-refractivity contribution in [1.29, 1.82) is 0 Å². The van der Waals surface area contributed by atoms with E-state index in [1.54, 1.807) is 0 Å². The van der Waals surface area contributed by atoms with E-state index in [1.165, 1.54) is 16.9 Å². The van der Waals surface area contributed by atoms with Crippen molar-refractivity contribution in [2.45, 2.75) is 45.6 Å². The fourth-order valence-corrected chi connectivity index (χ4v) is 2.74. The van der Waals surface area contributed by atoms with Gasteiger partial charge in [0.15, 0.2) is 0 Å². The molecule has 2 heteroatoms. The summed E-state index contributed by atoms with van der Waals surface area (Å²) in [7, 11) is 0. The summed E-state index contributed by atoms with van der Waals surface area (Å²) in [5.74, 6) is 1.18. The molecule has 0 aliphatic carbocycles. The molecule has 1 unspecified atom stereocenters. The van der Waals surface area contributed by atoms with Crippen LogP contribution < -0.4 is 5.32 Å². The van der Waals surface area contributed by atoms with Crippen molar-refractivity contribution >= 4 is 11.8 Å². The number of nitrogens with one attached hydrogen (secondary N) is 1. The highest BCUT2D eigenvalue weighted by atomic mass is 32.2. The van der Waals surface area contributed by atoms with Crippen molar-refractivity contribution in [2.24, 2.45) is 0 Å². The molecule has 1 aromatic rings. The number of hydrogen-bond donors (Lipinski definition) is 1. The van der Waals surface area contributed by atoms with Gasteiger partial charge in [0.05, 0.1) is 0 Å². The van der Waals surface area contributed by atoms with Crippen molar-refractivity contribution in [3.05, 3.63) is 35.4 Å². The van der Waals surface area contributed by atoms with Crippen LogP contribution in [0, 0.1) is 0 Å². The standard InChI is InChI=1S/C16H27NS/c1-6-17-15(12-18-5)11-13-7-9-14(10-8-13)16(2,3)4/h7-10,15,17H,6,11-12H2,1-5H3. The van der Waals surface area contributed by atoms with E-state index in [9.17, 15) is 0 Å². The summed E-state index contributed by atoms with van der Waals surface area (Å²) in [6, 6.07) is 9.70. The third-order valence-corrected chi connectivity index (χ3v) is 3.90. The van der Waals surface area contributed by atoms with Crippen molar-refractivity contribution in [3.63, 3.8) is 0 Å². The zero-order valence-electron chi connectivity index (χ0n) is 12.4. The number of hydrogen-bond acceptors (Lipinski definition) is 2. The number of thioether (sulfide) groups is 1. The van der Waals surface area contributed by atoms with E-state index in [0.29, 0.717) is 6.04 Å². The van der Waals surface area contributed by atoms with E-state index >= 15 is 0 Å². The Morgan fingerprint density at radius 3 is 2.22 bits per heavy atom. The molecule has 1 atom stereocenters. The van der Waals surface area contributed by atoms with Crippen LogP contribution in [0.25, 0.3) is 0 Å². The van der Waals surface area contributed by atoms with E-state index in [0.717, 1.165) is 13.0 Å². The fourth-order valence-electron chi connectivity index (χ4n) is 2.11. The van der Waals surface area contributed by atoms with Crippen molar-refractivity contribution in [2.75, 3.05) is 18.6 Å². The maximum atomic E-state index is 3.56. The van der Waals surface area contributed by atoms with Crippen LogP contribution in [0.2, 0.25) is 0 Å². The maximum Gasteiger partial charge on any atom is 0.0198 e. The largest absolute Gasteiger partial charge is 0.313 e. The number of rotatable bonds is 6. The monoisotopic (exact) mass is 265 g/mol. The highest BCUT2D eigenvalue weighted by Crippen LogP contribution is 2.22. The maximum absolute atomic E-state index is 3.56. The first-order valence-electron chi connectivity index (χ1n) is 6.79. The molecule has 0 bridgehead atoms. The van der Waals surface area contributed by atoms with Gasteiger partial charge in [0.25, 0.3) is 0 Å². The second-order valence-corrected chi connectivity index (χ2v) is 6.77. The van der Waals surface area contributed by atoms with E-state index < -0.39 is 0 Å². The lowest BCUT2D eigenvalue weighted by Gasteiger charge is -2.20. The van der Waals surface area contributed by atoms with Crippen LogP contribution in [-0.4, -0.2) is 24.6 Å². The SMILES string of the molecule is CCNC(CSC)Cc1ccc(C(C)(C)C)cc1. The normalized spacial score (nSPS) is 13.6. The molecule has 0 saturated heterocycles. The third-order valence-electron chi connectivity index (χ3n) is 3.16. The summed E-state index contributed by atoms with van der Waals surface area (Å²) in [5, 5.41) is 3.56. The Morgan fingerprint density at radius 1 is 1.17 bits per heavy atom. The van der Waals surface area contributed by atoms with E-state index in [4.69, 9.17) is 0 Å².